The molecule has 6 rings (SSSR count). The molecule has 0 saturated carbocycles. The first-order valence-corrected chi connectivity index (χ1v) is 9.83. The van der Waals surface area contributed by atoms with Crippen molar-refractivity contribution < 1.29 is 9.47 Å². The number of hydrogen-bond acceptors (Lipinski definition) is 2. The van der Waals surface area contributed by atoms with Gasteiger partial charge in [0.1, 0.15) is 5.75 Å². The van der Waals surface area contributed by atoms with Gasteiger partial charge in [0.2, 0.25) is 0 Å². The van der Waals surface area contributed by atoms with Crippen LogP contribution in [0.25, 0.3) is 10.9 Å². The first kappa shape index (κ1) is 16.0. The van der Waals surface area contributed by atoms with E-state index >= 15 is 0 Å². The third-order valence-electron chi connectivity index (χ3n) is 6.05. The summed E-state index contributed by atoms with van der Waals surface area (Å²) in [6.45, 7) is 2.05. The van der Waals surface area contributed by atoms with E-state index in [0.29, 0.717) is 13.2 Å². The Hall–Kier alpha value is -3.04. The van der Waals surface area contributed by atoms with Crippen molar-refractivity contribution in [1.29, 1.82) is 0 Å². The number of aromatic nitrogens is 1. The van der Waals surface area contributed by atoms with Gasteiger partial charge in [-0.05, 0) is 23.3 Å². The maximum Gasteiger partial charge on any atom is 0.164 e. The molecule has 28 heavy (non-hydrogen) atoms. The summed E-state index contributed by atoms with van der Waals surface area (Å²) in [6, 6.07) is 27.7. The van der Waals surface area contributed by atoms with E-state index in [1.807, 2.05) is 6.07 Å². The number of fused-ring (bicyclic) bond motifs is 5. The lowest BCUT2D eigenvalue weighted by molar-refractivity contribution is -0.0427. The van der Waals surface area contributed by atoms with E-state index in [4.69, 9.17) is 9.47 Å². The van der Waals surface area contributed by atoms with Crippen LogP contribution in [0.4, 0.5) is 0 Å². The van der Waals surface area contributed by atoms with Gasteiger partial charge in [-0.15, -0.1) is 0 Å². The van der Waals surface area contributed by atoms with Crippen LogP contribution in [0.5, 0.6) is 5.75 Å². The topological polar surface area (TPSA) is 23.4 Å². The lowest BCUT2D eigenvalue weighted by Crippen LogP contribution is -2.40. The summed E-state index contributed by atoms with van der Waals surface area (Å²) in [6.07, 6.45) is 0.857. The Balaban J connectivity index is 1.56. The SMILES string of the molecule is c1ccc(Cn2c3c(c4ccccc42)[C@@]2(COC3)Cc3ccccc3O2)cc1. The lowest BCUT2D eigenvalue weighted by atomic mass is 9.86. The second-order valence-corrected chi connectivity index (χ2v) is 7.78. The second kappa shape index (κ2) is 5.98. The van der Waals surface area contributed by atoms with Crippen LogP contribution in [0.2, 0.25) is 0 Å². The molecule has 1 spiro atoms. The van der Waals surface area contributed by atoms with Crippen LogP contribution < -0.4 is 4.74 Å². The molecule has 0 radical (unpaired) electrons. The van der Waals surface area contributed by atoms with Crippen LogP contribution in [0, 0.1) is 0 Å². The van der Waals surface area contributed by atoms with Gasteiger partial charge in [0.05, 0.1) is 18.9 Å². The minimum Gasteiger partial charge on any atom is -0.479 e. The van der Waals surface area contributed by atoms with Gasteiger partial charge < -0.3 is 14.0 Å². The highest BCUT2D eigenvalue weighted by Crippen LogP contribution is 2.48. The predicted molar refractivity (Wildman–Crippen MR) is 110 cm³/mol. The number of benzene rings is 3. The van der Waals surface area contributed by atoms with Gasteiger partial charge in [-0.3, -0.25) is 0 Å². The monoisotopic (exact) mass is 367 g/mol. The minimum atomic E-state index is -0.432. The van der Waals surface area contributed by atoms with E-state index in [9.17, 15) is 0 Å². The quantitative estimate of drug-likeness (QED) is 0.495. The van der Waals surface area contributed by atoms with Crippen molar-refractivity contribution in [2.45, 2.75) is 25.2 Å². The van der Waals surface area contributed by atoms with E-state index in [-0.39, 0.29) is 0 Å². The Morgan fingerprint density at radius 2 is 1.64 bits per heavy atom. The maximum atomic E-state index is 6.60. The molecule has 3 nitrogen and oxygen atoms in total. The Labute approximate surface area is 164 Å². The summed E-state index contributed by atoms with van der Waals surface area (Å²) in [7, 11) is 0. The number of ether oxygens (including phenoxy) is 2. The highest BCUT2D eigenvalue weighted by molar-refractivity contribution is 5.87. The average Bonchev–Trinajstić information content (AvgIpc) is 3.26. The fourth-order valence-electron chi connectivity index (χ4n) is 4.87. The Bertz CT molecular complexity index is 1150. The molecule has 3 aromatic carbocycles. The maximum absolute atomic E-state index is 6.60. The minimum absolute atomic E-state index is 0.432. The Kier molecular flexibility index (Phi) is 3.41. The van der Waals surface area contributed by atoms with E-state index in [1.54, 1.807) is 0 Å². The van der Waals surface area contributed by atoms with Crippen molar-refractivity contribution in [2.75, 3.05) is 6.61 Å². The van der Waals surface area contributed by atoms with Crippen LogP contribution in [-0.4, -0.2) is 11.2 Å². The predicted octanol–water partition coefficient (Wildman–Crippen LogP) is 5.05. The molecule has 1 aromatic heterocycles. The first-order chi connectivity index (χ1) is 13.8. The molecule has 0 amide bonds. The number of para-hydroxylation sites is 2. The van der Waals surface area contributed by atoms with Crippen molar-refractivity contribution in [2.24, 2.45) is 0 Å². The summed E-state index contributed by atoms with van der Waals surface area (Å²) < 4.78 is 15.1. The van der Waals surface area contributed by atoms with E-state index in [0.717, 1.165) is 18.7 Å². The zero-order valence-electron chi connectivity index (χ0n) is 15.6. The van der Waals surface area contributed by atoms with Crippen LogP contribution in [-0.2, 0) is 29.9 Å². The molecule has 0 N–H and O–H groups in total. The molecule has 1 atom stereocenters. The lowest BCUT2D eigenvalue weighted by Gasteiger charge is -2.34. The highest BCUT2D eigenvalue weighted by Gasteiger charge is 2.47. The number of nitrogens with zero attached hydrogens (tertiary/aromatic N) is 1. The summed E-state index contributed by atoms with van der Waals surface area (Å²) in [5, 5.41) is 1.28. The third kappa shape index (κ3) is 2.26. The van der Waals surface area contributed by atoms with Crippen molar-refractivity contribution in [1.82, 2.24) is 4.57 Å². The zero-order valence-corrected chi connectivity index (χ0v) is 15.6. The zero-order chi connectivity index (χ0) is 18.6. The smallest absolute Gasteiger partial charge is 0.164 e. The summed E-state index contributed by atoms with van der Waals surface area (Å²) in [5.74, 6) is 0.985. The molecule has 0 aliphatic carbocycles. The standard InChI is InChI=1S/C25H21NO2/c1-2-8-18(9-3-1)15-26-21-12-6-5-11-20(21)24-22(26)16-27-17-25(24)14-19-10-4-7-13-23(19)28-25/h1-13H,14-17H2/t25-/m0/s1. The molecule has 2 aliphatic rings. The van der Waals surface area contributed by atoms with Gasteiger partial charge in [0, 0.05) is 29.4 Å². The first-order valence-electron chi connectivity index (χ1n) is 9.83. The number of rotatable bonds is 2. The summed E-state index contributed by atoms with van der Waals surface area (Å²) in [5.41, 5.74) is 5.92. The molecular weight excluding hydrogens is 346 g/mol. The average molecular weight is 367 g/mol. The highest BCUT2D eigenvalue weighted by atomic mass is 16.6. The van der Waals surface area contributed by atoms with Gasteiger partial charge in [0.25, 0.3) is 0 Å². The van der Waals surface area contributed by atoms with Crippen molar-refractivity contribution in [3.8, 4) is 5.75 Å². The molecule has 3 heterocycles. The van der Waals surface area contributed by atoms with Gasteiger partial charge in [-0.1, -0.05) is 66.7 Å². The Morgan fingerprint density at radius 1 is 0.857 bits per heavy atom. The van der Waals surface area contributed by atoms with Gasteiger partial charge >= 0.3 is 0 Å². The van der Waals surface area contributed by atoms with E-state index in [1.165, 1.54) is 33.3 Å². The fourth-order valence-corrected chi connectivity index (χ4v) is 4.87. The molecule has 0 unspecified atom stereocenters. The van der Waals surface area contributed by atoms with Gasteiger partial charge in [-0.25, -0.2) is 0 Å². The molecular formula is C25H21NO2. The molecule has 138 valence electrons. The van der Waals surface area contributed by atoms with Crippen molar-refractivity contribution in [3.63, 3.8) is 0 Å². The summed E-state index contributed by atoms with van der Waals surface area (Å²) >= 11 is 0. The molecule has 2 aliphatic heterocycles. The van der Waals surface area contributed by atoms with Crippen LogP contribution in [0.3, 0.4) is 0 Å². The molecule has 3 heteroatoms. The molecule has 0 bridgehead atoms. The second-order valence-electron chi connectivity index (χ2n) is 7.78. The fraction of sp³-hybridized carbons (Fsp3) is 0.200. The van der Waals surface area contributed by atoms with Crippen LogP contribution in [0.15, 0.2) is 78.9 Å². The molecule has 4 aromatic rings. The normalized spacial score (nSPS) is 20.1. The van der Waals surface area contributed by atoms with Crippen LogP contribution in [0.1, 0.15) is 22.4 Å². The van der Waals surface area contributed by atoms with Gasteiger partial charge in [0.15, 0.2) is 5.60 Å². The van der Waals surface area contributed by atoms with E-state index < -0.39 is 5.60 Å². The van der Waals surface area contributed by atoms with Crippen molar-refractivity contribution >= 4 is 10.9 Å². The van der Waals surface area contributed by atoms with Crippen LogP contribution >= 0.6 is 0 Å². The Morgan fingerprint density at radius 3 is 2.54 bits per heavy atom. The van der Waals surface area contributed by atoms with Crippen molar-refractivity contribution in [3.05, 3.63) is 101 Å². The largest absolute Gasteiger partial charge is 0.479 e. The van der Waals surface area contributed by atoms with Gasteiger partial charge in [-0.2, -0.15) is 0 Å². The third-order valence-corrected chi connectivity index (χ3v) is 6.05. The molecule has 0 saturated heterocycles. The summed E-state index contributed by atoms with van der Waals surface area (Å²) in [4.78, 5) is 0. The number of hydrogen-bond donors (Lipinski definition) is 0. The molecule has 0 fully saturated rings. The van der Waals surface area contributed by atoms with E-state index in [2.05, 4.69) is 77.4 Å².